The van der Waals surface area contributed by atoms with Gasteiger partial charge in [0, 0.05) is 18.7 Å². The molecule has 1 fully saturated rings. The predicted molar refractivity (Wildman–Crippen MR) is 79.7 cm³/mol. The summed E-state index contributed by atoms with van der Waals surface area (Å²) in [5, 5.41) is 15.7. The summed E-state index contributed by atoms with van der Waals surface area (Å²) in [7, 11) is 0. The first-order valence-electron chi connectivity index (χ1n) is 7.43. The molecule has 114 valence electrons. The molecule has 5 heteroatoms. The third kappa shape index (κ3) is 3.82. The van der Waals surface area contributed by atoms with E-state index in [1.165, 1.54) is 0 Å². The maximum absolute atomic E-state index is 12.0. The Morgan fingerprint density at radius 2 is 1.95 bits per heavy atom. The van der Waals surface area contributed by atoms with Gasteiger partial charge in [0.15, 0.2) is 0 Å². The zero-order valence-electron chi connectivity index (χ0n) is 12.3. The summed E-state index contributed by atoms with van der Waals surface area (Å²) in [6.07, 6.45) is 2.82. The minimum absolute atomic E-state index is 0.125. The Morgan fingerprint density at radius 3 is 2.62 bits per heavy atom. The number of amides is 2. The fraction of sp³-hybridized carbons (Fsp3) is 0.500. The normalized spacial score (nSPS) is 16.5. The third-order valence-electron chi connectivity index (χ3n) is 3.83. The Morgan fingerprint density at radius 1 is 1.24 bits per heavy atom. The summed E-state index contributed by atoms with van der Waals surface area (Å²) in [4.78, 5) is 23.8. The van der Waals surface area contributed by atoms with Crippen LogP contribution in [0.25, 0.3) is 0 Å². The second kappa shape index (κ2) is 6.72. The van der Waals surface area contributed by atoms with Crippen LogP contribution in [0.2, 0.25) is 0 Å². The van der Waals surface area contributed by atoms with Crippen molar-refractivity contribution in [1.82, 2.24) is 10.6 Å². The van der Waals surface area contributed by atoms with Crippen molar-refractivity contribution in [3.8, 4) is 0 Å². The number of hydrogen-bond donors (Lipinski definition) is 3. The quantitative estimate of drug-likeness (QED) is 0.766. The first kappa shape index (κ1) is 15.5. The van der Waals surface area contributed by atoms with E-state index < -0.39 is 5.60 Å². The second-order valence-corrected chi connectivity index (χ2v) is 5.48. The molecule has 0 unspecified atom stereocenters. The maximum atomic E-state index is 12.0. The Balaban J connectivity index is 1.95. The van der Waals surface area contributed by atoms with E-state index in [-0.39, 0.29) is 11.8 Å². The summed E-state index contributed by atoms with van der Waals surface area (Å²) in [6.45, 7) is 2.76. The zero-order chi connectivity index (χ0) is 15.3. The lowest BCUT2D eigenvalue weighted by Crippen LogP contribution is -2.44. The van der Waals surface area contributed by atoms with Crippen molar-refractivity contribution in [2.45, 2.75) is 44.8 Å². The van der Waals surface area contributed by atoms with Gasteiger partial charge < -0.3 is 15.7 Å². The van der Waals surface area contributed by atoms with E-state index in [4.69, 9.17) is 0 Å². The highest BCUT2D eigenvalue weighted by atomic mass is 16.3. The molecule has 1 aromatic rings. The van der Waals surface area contributed by atoms with Crippen LogP contribution in [-0.4, -0.2) is 29.1 Å². The molecule has 0 bridgehead atoms. The molecule has 1 aromatic carbocycles. The molecular weight excluding hydrogens is 268 g/mol. The molecule has 0 heterocycles. The fourth-order valence-corrected chi connectivity index (χ4v) is 2.62. The molecule has 0 aromatic heterocycles. The summed E-state index contributed by atoms with van der Waals surface area (Å²) in [6, 6.07) is 7.13. The van der Waals surface area contributed by atoms with Crippen molar-refractivity contribution < 1.29 is 14.7 Å². The number of hydrogen-bond acceptors (Lipinski definition) is 3. The molecule has 0 saturated heterocycles. The number of benzene rings is 1. The number of carbonyl (C=O) groups is 2. The van der Waals surface area contributed by atoms with Crippen molar-refractivity contribution >= 4 is 11.8 Å². The Kier molecular flexibility index (Phi) is 4.96. The van der Waals surface area contributed by atoms with Crippen molar-refractivity contribution in [2.24, 2.45) is 0 Å². The van der Waals surface area contributed by atoms with Gasteiger partial charge in [-0.25, -0.2) is 0 Å². The molecule has 0 spiro atoms. The van der Waals surface area contributed by atoms with Gasteiger partial charge in [-0.1, -0.05) is 12.1 Å². The topological polar surface area (TPSA) is 78.4 Å². The number of aliphatic hydroxyl groups is 1. The van der Waals surface area contributed by atoms with Crippen LogP contribution in [-0.2, 0) is 11.3 Å². The van der Waals surface area contributed by atoms with Crippen LogP contribution < -0.4 is 10.6 Å². The van der Waals surface area contributed by atoms with Gasteiger partial charge >= 0.3 is 0 Å². The van der Waals surface area contributed by atoms with Crippen LogP contribution >= 0.6 is 0 Å². The summed E-state index contributed by atoms with van der Waals surface area (Å²) >= 11 is 0. The van der Waals surface area contributed by atoms with Gasteiger partial charge in [0.1, 0.15) is 5.60 Å². The molecular formula is C16H22N2O3. The minimum Gasteiger partial charge on any atom is -0.380 e. The molecule has 3 N–H and O–H groups in total. The molecule has 1 saturated carbocycles. The smallest absolute Gasteiger partial charge is 0.252 e. The minimum atomic E-state index is -1.21. The largest absolute Gasteiger partial charge is 0.380 e. The van der Waals surface area contributed by atoms with Gasteiger partial charge in [-0.15, -0.1) is 0 Å². The molecule has 1 aliphatic carbocycles. The molecule has 1 aliphatic rings. The van der Waals surface area contributed by atoms with Gasteiger partial charge in [-0.05, 0) is 50.3 Å². The summed E-state index contributed by atoms with van der Waals surface area (Å²) in [5.74, 6) is -0.441. The zero-order valence-corrected chi connectivity index (χ0v) is 12.3. The summed E-state index contributed by atoms with van der Waals surface area (Å²) in [5.41, 5.74) is 0.203. The highest BCUT2D eigenvalue weighted by Crippen LogP contribution is 2.29. The van der Waals surface area contributed by atoms with E-state index in [2.05, 4.69) is 10.6 Å². The fourth-order valence-electron chi connectivity index (χ4n) is 2.62. The molecule has 5 nitrogen and oxygen atoms in total. The van der Waals surface area contributed by atoms with E-state index in [9.17, 15) is 14.7 Å². The van der Waals surface area contributed by atoms with E-state index in [0.29, 0.717) is 31.5 Å². The highest BCUT2D eigenvalue weighted by Gasteiger charge is 2.38. The average molecular weight is 290 g/mol. The van der Waals surface area contributed by atoms with Crippen molar-refractivity contribution in [3.63, 3.8) is 0 Å². The molecule has 0 atom stereocenters. The first-order valence-corrected chi connectivity index (χ1v) is 7.43. The molecule has 2 amide bonds. The lowest BCUT2D eigenvalue weighted by Gasteiger charge is -2.21. The Labute approximate surface area is 124 Å². The molecule has 0 aliphatic heterocycles. The average Bonchev–Trinajstić information content (AvgIpc) is 2.93. The van der Waals surface area contributed by atoms with Gasteiger partial charge in [0.25, 0.3) is 11.8 Å². The van der Waals surface area contributed by atoms with Gasteiger partial charge in [-0.3, -0.25) is 9.59 Å². The van der Waals surface area contributed by atoms with E-state index >= 15 is 0 Å². The molecule has 0 radical (unpaired) electrons. The highest BCUT2D eigenvalue weighted by molar-refractivity contribution is 5.94. The SMILES string of the molecule is CCNC(=O)c1cccc(CNC(=O)C2(O)CCCC2)c1. The van der Waals surface area contributed by atoms with E-state index in [1.54, 1.807) is 18.2 Å². The van der Waals surface area contributed by atoms with Crippen LogP contribution in [0.15, 0.2) is 24.3 Å². The van der Waals surface area contributed by atoms with Gasteiger partial charge in [0.05, 0.1) is 0 Å². The van der Waals surface area contributed by atoms with Gasteiger partial charge in [0.2, 0.25) is 0 Å². The first-order chi connectivity index (χ1) is 10.0. The van der Waals surface area contributed by atoms with E-state index in [0.717, 1.165) is 18.4 Å². The number of nitrogens with one attached hydrogen (secondary N) is 2. The van der Waals surface area contributed by atoms with Crippen LogP contribution in [0, 0.1) is 0 Å². The van der Waals surface area contributed by atoms with Crippen LogP contribution in [0.5, 0.6) is 0 Å². The Hall–Kier alpha value is -1.88. The lowest BCUT2D eigenvalue weighted by atomic mass is 10.0. The van der Waals surface area contributed by atoms with Crippen molar-refractivity contribution in [3.05, 3.63) is 35.4 Å². The predicted octanol–water partition coefficient (Wildman–Crippen LogP) is 1.36. The van der Waals surface area contributed by atoms with E-state index in [1.807, 2.05) is 13.0 Å². The molecule has 2 rings (SSSR count). The van der Waals surface area contributed by atoms with Crippen molar-refractivity contribution in [1.29, 1.82) is 0 Å². The lowest BCUT2D eigenvalue weighted by molar-refractivity contribution is -0.139. The van der Waals surface area contributed by atoms with Crippen LogP contribution in [0.1, 0.15) is 48.5 Å². The molecule has 21 heavy (non-hydrogen) atoms. The monoisotopic (exact) mass is 290 g/mol. The number of carbonyl (C=O) groups excluding carboxylic acids is 2. The standard InChI is InChI=1S/C16H22N2O3/c1-2-17-14(19)13-7-5-6-12(10-13)11-18-15(20)16(21)8-3-4-9-16/h5-7,10,21H,2-4,8-9,11H2,1H3,(H,17,19)(H,18,20). The number of rotatable bonds is 5. The van der Waals surface area contributed by atoms with Crippen LogP contribution in [0.3, 0.4) is 0 Å². The third-order valence-corrected chi connectivity index (χ3v) is 3.83. The van der Waals surface area contributed by atoms with Crippen molar-refractivity contribution in [2.75, 3.05) is 6.54 Å². The van der Waals surface area contributed by atoms with Crippen LogP contribution in [0.4, 0.5) is 0 Å². The van der Waals surface area contributed by atoms with Gasteiger partial charge in [-0.2, -0.15) is 0 Å². The maximum Gasteiger partial charge on any atom is 0.252 e. The summed E-state index contributed by atoms with van der Waals surface area (Å²) < 4.78 is 0. The Bertz CT molecular complexity index is 522. The second-order valence-electron chi connectivity index (χ2n) is 5.48.